The van der Waals surface area contributed by atoms with E-state index < -0.39 is 26.7 Å². The van der Waals surface area contributed by atoms with Gasteiger partial charge in [-0.05, 0) is 47.7 Å². The van der Waals surface area contributed by atoms with E-state index in [1.54, 1.807) is 54.4 Å². The molecule has 3 aromatic rings. The molecular weight excluding hydrogens is 566 g/mol. The molecule has 12 nitrogen and oxygen atoms in total. The van der Waals surface area contributed by atoms with Crippen molar-refractivity contribution in [2.24, 2.45) is 18.6 Å². The molecule has 0 aliphatic rings. The fourth-order valence-corrected chi connectivity index (χ4v) is 5.40. The van der Waals surface area contributed by atoms with Gasteiger partial charge in [-0.25, -0.2) is 28.0 Å². The molecule has 7 N–H and O–H groups in total. The summed E-state index contributed by atoms with van der Waals surface area (Å²) in [6.07, 6.45) is 5.75. The molecule has 0 bridgehead atoms. The molecular formula is C27H38N7O5S2+. The van der Waals surface area contributed by atoms with Crippen molar-refractivity contribution in [3.63, 3.8) is 0 Å². The first-order valence-electron chi connectivity index (χ1n) is 12.5. The Bertz CT molecular complexity index is 1640. The van der Waals surface area contributed by atoms with E-state index >= 15 is 0 Å². The van der Waals surface area contributed by atoms with Crippen LogP contribution >= 0.6 is 0 Å². The second-order valence-corrected chi connectivity index (χ2v) is 13.7. The van der Waals surface area contributed by atoms with E-state index in [0.29, 0.717) is 33.5 Å². The summed E-state index contributed by atoms with van der Waals surface area (Å²) in [4.78, 5) is 16.4. The number of hydrogen-bond donors (Lipinski definition) is 5. The number of hydrogen-bond acceptors (Lipinski definition) is 8. The van der Waals surface area contributed by atoms with Crippen LogP contribution in [0.15, 0.2) is 47.9 Å². The summed E-state index contributed by atoms with van der Waals surface area (Å²) in [6.45, 7) is 7.76. The van der Waals surface area contributed by atoms with Gasteiger partial charge in [0.1, 0.15) is 22.7 Å². The lowest BCUT2D eigenvalue weighted by Gasteiger charge is -2.24. The normalized spacial score (nSPS) is 13.0. The highest BCUT2D eigenvalue weighted by Gasteiger charge is 2.23. The number of carbonyl (C=O) groups excluding carboxylic acids is 1. The van der Waals surface area contributed by atoms with Crippen molar-refractivity contribution >= 4 is 49.5 Å². The lowest BCUT2D eigenvalue weighted by atomic mass is 9.86. The third kappa shape index (κ3) is 7.45. The van der Waals surface area contributed by atoms with Gasteiger partial charge < -0.3 is 15.8 Å². The molecule has 1 unspecified atom stereocenters. The van der Waals surface area contributed by atoms with E-state index in [9.17, 15) is 17.4 Å². The van der Waals surface area contributed by atoms with Crippen molar-refractivity contribution in [3.8, 4) is 5.75 Å². The molecule has 0 radical (unpaired) electrons. The van der Waals surface area contributed by atoms with Crippen molar-refractivity contribution in [1.82, 2.24) is 4.98 Å². The molecule has 0 saturated heterocycles. The van der Waals surface area contributed by atoms with E-state index in [2.05, 4.69) is 15.0 Å². The van der Waals surface area contributed by atoms with Crippen LogP contribution in [0.4, 0.5) is 17.1 Å². The number of nitrogens with zero attached hydrogens (tertiary/aromatic N) is 2. The van der Waals surface area contributed by atoms with Gasteiger partial charge in [0, 0.05) is 18.0 Å². The number of imidazole rings is 1. The van der Waals surface area contributed by atoms with E-state index in [-0.39, 0.29) is 16.9 Å². The van der Waals surface area contributed by atoms with E-state index in [4.69, 9.17) is 16.3 Å². The van der Waals surface area contributed by atoms with E-state index in [1.807, 2.05) is 27.7 Å². The van der Waals surface area contributed by atoms with Crippen LogP contribution < -0.4 is 35.9 Å². The Hall–Kier alpha value is -3.88. The predicted molar refractivity (Wildman–Crippen MR) is 162 cm³/mol. The second kappa shape index (κ2) is 11.9. The number of rotatable bonds is 9. The molecule has 1 aromatic heterocycles. The zero-order valence-corrected chi connectivity index (χ0v) is 26.1. The average Bonchev–Trinajstić information content (AvgIpc) is 3.24. The number of sulfonamides is 1. The molecule has 1 atom stereocenters. The number of amides is 1. The van der Waals surface area contributed by atoms with Crippen molar-refractivity contribution in [3.05, 3.63) is 65.1 Å². The molecule has 14 heteroatoms. The summed E-state index contributed by atoms with van der Waals surface area (Å²) < 4.78 is 45.6. The first kappa shape index (κ1) is 31.6. The third-order valence-corrected chi connectivity index (χ3v) is 7.82. The number of carbonyl (C=O) groups is 1. The summed E-state index contributed by atoms with van der Waals surface area (Å²) >= 11 is 0. The second-order valence-electron chi connectivity index (χ2n) is 10.7. The predicted octanol–water partition coefficient (Wildman–Crippen LogP) is 2.45. The molecule has 0 saturated carbocycles. The monoisotopic (exact) mass is 604 g/mol. The van der Waals surface area contributed by atoms with Gasteiger partial charge in [0.25, 0.3) is 5.91 Å². The van der Waals surface area contributed by atoms with Gasteiger partial charge in [0.15, 0.2) is 11.4 Å². The number of hydrazine groups is 1. The summed E-state index contributed by atoms with van der Waals surface area (Å²) in [5.41, 5.74) is 9.74. The summed E-state index contributed by atoms with van der Waals surface area (Å²) in [6, 6.07) is 8.47. The number of anilines is 3. The molecule has 0 fully saturated rings. The largest absolute Gasteiger partial charge is 0.492 e. The fraction of sp³-hybridized carbons (Fsp3) is 0.333. The fourth-order valence-electron chi connectivity index (χ4n) is 4.14. The maximum Gasteiger partial charge on any atom is 0.346 e. The van der Waals surface area contributed by atoms with Crippen LogP contribution in [0.5, 0.6) is 5.75 Å². The zero-order chi connectivity index (χ0) is 30.9. The molecule has 0 aliphatic carbocycles. The maximum atomic E-state index is 13.4. The standard InChI is InChI=1S/C27H37N7O5S2/c1-16-9-10-17(11-22(16)34(29)15-19(28)23-14-30-26(33(23)5)40(7)36)25(35)31-20-12-18(27(2,3)4)13-21(24(20)39-6)32-41(8,37)38/h9-15,32H,28-29H2,1-8H3,(H,31,35)/p+1/b19-15-. The summed E-state index contributed by atoms with van der Waals surface area (Å²) in [5, 5.41) is 4.66. The number of ether oxygens (including phenoxy) is 1. The molecule has 222 valence electrons. The van der Waals surface area contributed by atoms with Crippen LogP contribution in [0, 0.1) is 6.92 Å². The van der Waals surface area contributed by atoms with Gasteiger partial charge >= 0.3 is 5.16 Å². The maximum absolute atomic E-state index is 13.4. The van der Waals surface area contributed by atoms with Crippen molar-refractivity contribution in [2.45, 2.75) is 38.3 Å². The molecule has 0 spiro atoms. The Morgan fingerprint density at radius 3 is 2.37 bits per heavy atom. The summed E-state index contributed by atoms with van der Waals surface area (Å²) in [7, 11) is -1.73. The lowest BCUT2D eigenvalue weighted by Crippen LogP contribution is -2.37. The number of aromatic nitrogens is 2. The van der Waals surface area contributed by atoms with Gasteiger partial charge in [-0.2, -0.15) is 0 Å². The molecule has 1 heterocycles. The molecule has 2 aromatic carbocycles. The first-order chi connectivity index (χ1) is 18.9. The van der Waals surface area contributed by atoms with Crippen LogP contribution in [0.1, 0.15) is 48.0 Å². The molecule has 3 rings (SSSR count). The Kier molecular flexibility index (Phi) is 9.20. The number of nitrogens with one attached hydrogen (secondary N) is 3. The lowest BCUT2D eigenvalue weighted by molar-refractivity contribution is -0.710. The van der Waals surface area contributed by atoms with Gasteiger partial charge in [0.05, 0.1) is 37.5 Å². The minimum absolute atomic E-state index is 0.173. The Balaban J connectivity index is 1.99. The minimum Gasteiger partial charge on any atom is -0.492 e. The highest BCUT2D eigenvalue weighted by atomic mass is 32.2. The smallest absolute Gasteiger partial charge is 0.346 e. The van der Waals surface area contributed by atoms with Crippen molar-refractivity contribution in [1.29, 1.82) is 0 Å². The highest BCUT2D eigenvalue weighted by molar-refractivity contribution is 7.92. The Labute approximate surface area is 243 Å². The van der Waals surface area contributed by atoms with Gasteiger partial charge in [0.2, 0.25) is 10.0 Å². The molecule has 41 heavy (non-hydrogen) atoms. The Morgan fingerprint density at radius 2 is 1.83 bits per heavy atom. The number of nitrogens with two attached hydrogens (primary N) is 2. The van der Waals surface area contributed by atoms with Gasteiger partial charge in [-0.15, -0.1) is 0 Å². The van der Waals surface area contributed by atoms with Crippen molar-refractivity contribution in [2.75, 3.05) is 34.7 Å². The number of methoxy groups -OCH3 is 1. The third-order valence-electron chi connectivity index (χ3n) is 6.30. The van der Waals surface area contributed by atoms with Crippen LogP contribution in [0.25, 0.3) is 5.70 Å². The van der Waals surface area contributed by atoms with Gasteiger partial charge in [-0.3, -0.25) is 14.5 Å². The van der Waals surface area contributed by atoms with Crippen LogP contribution in [0.3, 0.4) is 0 Å². The van der Waals surface area contributed by atoms with E-state index in [0.717, 1.165) is 17.4 Å². The van der Waals surface area contributed by atoms with Crippen LogP contribution in [-0.2, 0) is 33.3 Å². The summed E-state index contributed by atoms with van der Waals surface area (Å²) in [5.74, 6) is 6.06. The van der Waals surface area contributed by atoms with E-state index in [1.165, 1.54) is 18.3 Å². The topological polar surface area (TPSA) is 177 Å². The minimum atomic E-state index is -3.62. The Morgan fingerprint density at radius 1 is 1.20 bits per heavy atom. The molecule has 0 aliphatic heterocycles. The SMILES string of the molecule is COc1c(NC(=O)c2ccc(C)c(N(N)/C=C(\N)c3c[nH]c(S(C)=O)[n+]3C)c2)cc(C(C)(C)C)cc1NS(C)(=O)=O. The van der Waals surface area contributed by atoms with Crippen molar-refractivity contribution < 1.29 is 26.7 Å². The molecule has 1 amide bonds. The number of H-pyrrole nitrogens is 1. The quantitative estimate of drug-likeness (QED) is 0.141. The number of benzene rings is 2. The number of aryl methyl sites for hydroxylation is 1. The first-order valence-corrected chi connectivity index (χ1v) is 15.9. The zero-order valence-electron chi connectivity index (χ0n) is 24.4. The van der Waals surface area contributed by atoms with Crippen LogP contribution in [-0.4, -0.2) is 43.1 Å². The highest BCUT2D eigenvalue weighted by Crippen LogP contribution is 2.39. The van der Waals surface area contributed by atoms with Crippen LogP contribution in [0.2, 0.25) is 0 Å². The van der Waals surface area contributed by atoms with Gasteiger partial charge in [-0.1, -0.05) is 26.8 Å². The average molecular weight is 605 g/mol. The number of aromatic amines is 1.